The molecule has 0 aromatic carbocycles. The molecule has 2 heterocycles. The maximum atomic E-state index is 8.77. The Morgan fingerprint density at radius 1 is 1.25 bits per heavy atom. The van der Waals surface area contributed by atoms with Crippen LogP contribution in [0.3, 0.4) is 0 Å². The van der Waals surface area contributed by atoms with E-state index in [9.17, 15) is 0 Å². The molecule has 0 aromatic rings. The summed E-state index contributed by atoms with van der Waals surface area (Å²) in [5.41, 5.74) is 0.645. The van der Waals surface area contributed by atoms with E-state index in [1.165, 1.54) is 39.0 Å². The molecule has 0 unspecified atom stereocenters. The van der Waals surface area contributed by atoms with Crippen LogP contribution in [0.15, 0.2) is 0 Å². The van der Waals surface area contributed by atoms with Gasteiger partial charge in [0.05, 0.1) is 6.61 Å². The van der Waals surface area contributed by atoms with E-state index >= 15 is 0 Å². The van der Waals surface area contributed by atoms with Crippen LogP contribution >= 0.6 is 0 Å². The zero-order valence-corrected chi connectivity index (χ0v) is 7.55. The second kappa shape index (κ2) is 3.32. The molecule has 3 heteroatoms. The molecule has 0 aromatic heterocycles. The van der Waals surface area contributed by atoms with Gasteiger partial charge in [-0.05, 0) is 31.3 Å². The van der Waals surface area contributed by atoms with Crippen LogP contribution in [0.2, 0.25) is 0 Å². The molecule has 0 bridgehead atoms. The predicted octanol–water partition coefficient (Wildman–Crippen LogP) is -0.336. The van der Waals surface area contributed by atoms with Crippen molar-refractivity contribution in [2.75, 3.05) is 39.3 Å². The van der Waals surface area contributed by atoms with Gasteiger partial charge in [-0.2, -0.15) is 0 Å². The molecule has 2 aliphatic rings. The highest BCUT2D eigenvalue weighted by atomic mass is 16.3. The van der Waals surface area contributed by atoms with Gasteiger partial charge in [0, 0.05) is 19.6 Å². The lowest BCUT2D eigenvalue weighted by molar-refractivity contribution is 0.0477. The Labute approximate surface area is 73.8 Å². The van der Waals surface area contributed by atoms with Gasteiger partial charge >= 0.3 is 0 Å². The van der Waals surface area contributed by atoms with Crippen molar-refractivity contribution in [1.29, 1.82) is 0 Å². The van der Waals surface area contributed by atoms with E-state index in [0.717, 1.165) is 6.54 Å². The number of aliphatic hydroxyl groups is 1. The van der Waals surface area contributed by atoms with Crippen molar-refractivity contribution < 1.29 is 5.11 Å². The molecule has 2 saturated heterocycles. The molecule has 2 aliphatic heterocycles. The van der Waals surface area contributed by atoms with Gasteiger partial charge < -0.3 is 15.3 Å². The minimum absolute atomic E-state index is 0.311. The molecule has 1 spiro atoms. The van der Waals surface area contributed by atoms with Crippen LogP contribution in [0, 0.1) is 5.41 Å². The smallest absolute Gasteiger partial charge is 0.0558 e. The Balaban J connectivity index is 1.77. The number of hydrogen-bond acceptors (Lipinski definition) is 3. The summed E-state index contributed by atoms with van der Waals surface area (Å²) in [6.45, 7) is 5.99. The molecule has 0 radical (unpaired) electrons. The fourth-order valence-electron chi connectivity index (χ4n) is 2.22. The average molecular weight is 170 g/mol. The molecule has 12 heavy (non-hydrogen) atoms. The molecule has 3 nitrogen and oxygen atoms in total. The fourth-order valence-corrected chi connectivity index (χ4v) is 2.22. The first kappa shape index (κ1) is 8.48. The fraction of sp³-hybridized carbons (Fsp3) is 1.00. The van der Waals surface area contributed by atoms with Gasteiger partial charge in [-0.3, -0.25) is 0 Å². The number of likely N-dealkylation sites (tertiary alicyclic amines) is 1. The Morgan fingerprint density at radius 3 is 2.33 bits per heavy atom. The highest BCUT2D eigenvalue weighted by Gasteiger charge is 2.39. The normalized spacial score (nSPS) is 28.8. The van der Waals surface area contributed by atoms with Crippen LogP contribution in [0.5, 0.6) is 0 Å². The topological polar surface area (TPSA) is 35.5 Å². The Kier molecular flexibility index (Phi) is 2.35. The average Bonchev–Trinajstić information content (AvgIpc) is 2.04. The highest BCUT2D eigenvalue weighted by molar-refractivity contribution is 4.95. The predicted molar refractivity (Wildman–Crippen MR) is 48.1 cm³/mol. The number of rotatable bonds is 2. The number of aliphatic hydroxyl groups excluding tert-OH is 1. The molecule has 0 amide bonds. The van der Waals surface area contributed by atoms with Crippen molar-refractivity contribution >= 4 is 0 Å². The van der Waals surface area contributed by atoms with Crippen LogP contribution in [0.25, 0.3) is 0 Å². The van der Waals surface area contributed by atoms with E-state index in [4.69, 9.17) is 5.11 Å². The Bertz CT molecular complexity index is 147. The zero-order chi connectivity index (χ0) is 8.44. The van der Waals surface area contributed by atoms with Crippen molar-refractivity contribution in [3.05, 3.63) is 0 Å². The van der Waals surface area contributed by atoms with E-state index < -0.39 is 0 Å². The van der Waals surface area contributed by atoms with E-state index in [-0.39, 0.29) is 0 Å². The van der Waals surface area contributed by atoms with Crippen LogP contribution in [-0.2, 0) is 0 Å². The second-order valence-corrected chi connectivity index (χ2v) is 4.17. The number of nitrogens with zero attached hydrogens (tertiary/aromatic N) is 1. The molecule has 0 atom stereocenters. The largest absolute Gasteiger partial charge is 0.395 e. The molecule has 2 N–H and O–H groups in total. The molecule has 2 fully saturated rings. The zero-order valence-electron chi connectivity index (χ0n) is 7.55. The summed E-state index contributed by atoms with van der Waals surface area (Å²) < 4.78 is 0. The quantitative estimate of drug-likeness (QED) is 0.595. The van der Waals surface area contributed by atoms with E-state index in [1.54, 1.807) is 0 Å². The van der Waals surface area contributed by atoms with Crippen LogP contribution in [0.1, 0.15) is 12.8 Å². The first-order valence-corrected chi connectivity index (χ1v) is 4.89. The maximum Gasteiger partial charge on any atom is 0.0558 e. The van der Waals surface area contributed by atoms with Gasteiger partial charge in [-0.15, -0.1) is 0 Å². The van der Waals surface area contributed by atoms with Crippen LogP contribution in [0.4, 0.5) is 0 Å². The standard InChI is InChI=1S/C9H18N2O/c12-6-5-11-3-1-9(2-4-11)7-10-8-9/h10,12H,1-8H2. The number of hydrogen-bond donors (Lipinski definition) is 2. The van der Waals surface area contributed by atoms with Gasteiger partial charge in [0.25, 0.3) is 0 Å². The lowest BCUT2D eigenvalue weighted by Gasteiger charge is -2.48. The first-order valence-electron chi connectivity index (χ1n) is 4.89. The van der Waals surface area contributed by atoms with Crippen molar-refractivity contribution in [3.8, 4) is 0 Å². The van der Waals surface area contributed by atoms with Gasteiger partial charge in [-0.1, -0.05) is 0 Å². The highest BCUT2D eigenvalue weighted by Crippen LogP contribution is 2.34. The number of β-amino-alcohol motifs (C(OH)–C–C–N with tert-alkyl or cyclic N) is 1. The SMILES string of the molecule is OCCN1CCC2(CC1)CNC2. The molecular formula is C9H18N2O. The summed E-state index contributed by atoms with van der Waals surface area (Å²) in [4.78, 5) is 2.36. The molecule has 2 rings (SSSR count). The second-order valence-electron chi connectivity index (χ2n) is 4.17. The van der Waals surface area contributed by atoms with Crippen molar-refractivity contribution in [1.82, 2.24) is 10.2 Å². The summed E-state index contributed by atoms with van der Waals surface area (Å²) in [6.07, 6.45) is 2.64. The summed E-state index contributed by atoms with van der Waals surface area (Å²) >= 11 is 0. The summed E-state index contributed by atoms with van der Waals surface area (Å²) in [5, 5.41) is 12.1. The van der Waals surface area contributed by atoms with E-state index in [2.05, 4.69) is 10.2 Å². The molecular weight excluding hydrogens is 152 g/mol. The van der Waals surface area contributed by atoms with Crippen LogP contribution < -0.4 is 5.32 Å². The minimum atomic E-state index is 0.311. The summed E-state index contributed by atoms with van der Waals surface area (Å²) in [5.74, 6) is 0. The van der Waals surface area contributed by atoms with E-state index in [1.807, 2.05) is 0 Å². The van der Waals surface area contributed by atoms with Crippen molar-refractivity contribution in [2.45, 2.75) is 12.8 Å². The molecule has 0 aliphatic carbocycles. The van der Waals surface area contributed by atoms with Crippen molar-refractivity contribution in [3.63, 3.8) is 0 Å². The monoisotopic (exact) mass is 170 g/mol. The van der Waals surface area contributed by atoms with Crippen molar-refractivity contribution in [2.24, 2.45) is 5.41 Å². The Morgan fingerprint density at radius 2 is 1.92 bits per heavy atom. The summed E-state index contributed by atoms with van der Waals surface area (Å²) in [7, 11) is 0. The number of nitrogens with one attached hydrogen (secondary N) is 1. The lowest BCUT2D eigenvalue weighted by Crippen LogP contribution is -2.58. The first-order chi connectivity index (χ1) is 5.85. The van der Waals surface area contributed by atoms with Gasteiger partial charge in [0.15, 0.2) is 0 Å². The third kappa shape index (κ3) is 1.49. The Hall–Kier alpha value is -0.120. The van der Waals surface area contributed by atoms with E-state index in [0.29, 0.717) is 12.0 Å². The maximum absolute atomic E-state index is 8.77. The van der Waals surface area contributed by atoms with Gasteiger partial charge in [0.2, 0.25) is 0 Å². The lowest BCUT2D eigenvalue weighted by atomic mass is 9.73. The van der Waals surface area contributed by atoms with Crippen LogP contribution in [-0.4, -0.2) is 49.3 Å². The molecule has 70 valence electrons. The third-order valence-electron chi connectivity index (χ3n) is 3.33. The minimum Gasteiger partial charge on any atom is -0.395 e. The molecule has 0 saturated carbocycles. The van der Waals surface area contributed by atoms with Gasteiger partial charge in [-0.25, -0.2) is 0 Å². The third-order valence-corrected chi connectivity index (χ3v) is 3.33. The summed E-state index contributed by atoms with van der Waals surface area (Å²) in [6, 6.07) is 0. The van der Waals surface area contributed by atoms with Gasteiger partial charge in [0.1, 0.15) is 0 Å². The number of piperidine rings is 1.